The van der Waals surface area contributed by atoms with Gasteiger partial charge in [-0.25, -0.2) is 4.98 Å². The van der Waals surface area contributed by atoms with Gasteiger partial charge in [0.05, 0.1) is 43.4 Å². The quantitative estimate of drug-likeness (QED) is 0.576. The molecule has 1 aliphatic heterocycles. The summed E-state index contributed by atoms with van der Waals surface area (Å²) in [4.78, 5) is 34.1. The lowest BCUT2D eigenvalue weighted by Gasteiger charge is -2.33. The predicted molar refractivity (Wildman–Crippen MR) is 120 cm³/mol. The Morgan fingerprint density at radius 3 is 2.57 bits per heavy atom. The number of carbonyl (C=O) groups is 2. The molecule has 0 spiro atoms. The fourth-order valence-electron chi connectivity index (χ4n) is 3.73. The van der Waals surface area contributed by atoms with Gasteiger partial charge in [-0.3, -0.25) is 9.59 Å². The molecule has 7 nitrogen and oxygen atoms in total. The van der Waals surface area contributed by atoms with Gasteiger partial charge in [0.2, 0.25) is 0 Å². The number of nitrogens with zero attached hydrogens (tertiary/aromatic N) is 2. The number of nitrogens with one attached hydrogen (secondary N) is 3. The van der Waals surface area contributed by atoms with Gasteiger partial charge < -0.3 is 20.0 Å². The summed E-state index contributed by atoms with van der Waals surface area (Å²) in [6, 6.07) is 8.33. The lowest BCUT2D eigenvalue weighted by atomic mass is 10.1. The molecule has 1 fully saturated rings. The Labute approximate surface area is 183 Å². The average molecular weight is 434 g/mol. The Bertz CT molecular complexity index is 850. The number of fused-ring (bicyclic) bond motifs is 1. The van der Waals surface area contributed by atoms with E-state index in [1.165, 1.54) is 9.60 Å². The summed E-state index contributed by atoms with van der Waals surface area (Å²) in [5.41, 5.74) is 0.819. The fourth-order valence-corrected chi connectivity index (χ4v) is 4.84. The molecule has 0 aliphatic carbocycles. The third-order valence-corrected chi connectivity index (χ3v) is 6.82. The van der Waals surface area contributed by atoms with E-state index in [-0.39, 0.29) is 23.4 Å². The number of carbonyl (C=O) groups excluding carboxylic acids is 2. The monoisotopic (exact) mass is 433 g/mol. The minimum atomic E-state index is -0.207. The van der Waals surface area contributed by atoms with Crippen LogP contribution in [0.5, 0.6) is 0 Å². The number of amides is 2. The van der Waals surface area contributed by atoms with Gasteiger partial charge in [0, 0.05) is 5.54 Å². The number of likely N-dealkylation sites (N-methyl/N-ethyl adjacent to an activating group) is 1. The highest BCUT2D eigenvalue weighted by atomic mass is 32.1. The van der Waals surface area contributed by atoms with Gasteiger partial charge in [0.1, 0.15) is 6.04 Å². The number of hydrogen-bond donors (Lipinski definition) is 3. The van der Waals surface area contributed by atoms with E-state index in [1.54, 1.807) is 11.3 Å². The molecule has 2 heterocycles. The van der Waals surface area contributed by atoms with Crippen LogP contribution in [-0.4, -0.2) is 73.6 Å². The highest BCUT2D eigenvalue weighted by Gasteiger charge is 2.29. The van der Waals surface area contributed by atoms with Gasteiger partial charge >= 0.3 is 0 Å². The zero-order valence-electron chi connectivity index (χ0n) is 18.7. The van der Waals surface area contributed by atoms with Crippen LogP contribution in [0.1, 0.15) is 38.7 Å². The van der Waals surface area contributed by atoms with E-state index in [4.69, 9.17) is 4.98 Å². The molecule has 3 N–H and O–H groups in total. The third-order valence-electron chi connectivity index (χ3n) is 5.60. The molecule has 1 aliphatic rings. The second-order valence-corrected chi connectivity index (χ2v) is 10.4. The first kappa shape index (κ1) is 22.7. The number of quaternary nitrogens is 2. The molecule has 1 unspecified atom stereocenters. The van der Waals surface area contributed by atoms with Crippen molar-refractivity contribution in [3.05, 3.63) is 29.3 Å². The zero-order chi connectivity index (χ0) is 21.9. The lowest BCUT2D eigenvalue weighted by molar-refractivity contribution is -0.903. The summed E-state index contributed by atoms with van der Waals surface area (Å²) in [5, 5.41) is 4.09. The molecule has 2 atom stereocenters. The van der Waals surface area contributed by atoms with Crippen molar-refractivity contribution in [1.29, 1.82) is 0 Å². The molecule has 0 bridgehead atoms. The predicted octanol–water partition coefficient (Wildman–Crippen LogP) is -0.486. The van der Waals surface area contributed by atoms with Gasteiger partial charge in [-0.15, -0.1) is 11.3 Å². The van der Waals surface area contributed by atoms with Crippen LogP contribution < -0.4 is 15.1 Å². The lowest BCUT2D eigenvalue weighted by Crippen LogP contribution is -3.16. The van der Waals surface area contributed by atoms with Crippen molar-refractivity contribution in [1.82, 2.24) is 15.2 Å². The van der Waals surface area contributed by atoms with Crippen molar-refractivity contribution >= 4 is 33.4 Å². The normalized spacial score (nSPS) is 17.7. The minimum Gasteiger partial charge on any atom is -0.347 e. The second kappa shape index (κ2) is 9.41. The summed E-state index contributed by atoms with van der Waals surface area (Å²) in [5.74, 6) is 0.254. The van der Waals surface area contributed by atoms with Crippen LogP contribution in [0.4, 0.5) is 0 Å². The molecule has 2 aromatic rings. The number of piperazine rings is 1. The van der Waals surface area contributed by atoms with E-state index in [0.717, 1.165) is 28.5 Å². The van der Waals surface area contributed by atoms with Gasteiger partial charge in [-0.05, 0) is 39.8 Å². The molecular formula is C22H35N5O2S+2. The molecule has 1 aromatic carbocycles. The largest absolute Gasteiger partial charge is 0.347 e. The first-order valence-corrected chi connectivity index (χ1v) is 11.5. The molecule has 2 amide bonds. The average Bonchev–Trinajstić information content (AvgIpc) is 3.10. The van der Waals surface area contributed by atoms with E-state index in [9.17, 15) is 9.59 Å². The van der Waals surface area contributed by atoms with Crippen molar-refractivity contribution in [2.75, 3.05) is 46.3 Å². The van der Waals surface area contributed by atoms with Crippen LogP contribution in [0.2, 0.25) is 0 Å². The van der Waals surface area contributed by atoms with Crippen LogP contribution in [0.15, 0.2) is 24.3 Å². The maximum atomic E-state index is 12.8. The van der Waals surface area contributed by atoms with Crippen LogP contribution in [0.3, 0.4) is 0 Å². The first-order chi connectivity index (χ1) is 14.1. The summed E-state index contributed by atoms with van der Waals surface area (Å²) in [6.45, 7) is 12.1. The van der Waals surface area contributed by atoms with E-state index in [2.05, 4.69) is 25.4 Å². The molecule has 1 aromatic heterocycles. The molecule has 164 valence electrons. The van der Waals surface area contributed by atoms with Crippen LogP contribution >= 0.6 is 11.3 Å². The number of benzene rings is 1. The van der Waals surface area contributed by atoms with Crippen LogP contribution in [0.25, 0.3) is 10.2 Å². The molecule has 30 heavy (non-hydrogen) atoms. The smallest absolute Gasteiger partial charge is 0.278 e. The first-order valence-electron chi connectivity index (χ1n) is 10.7. The number of thiazole rings is 1. The van der Waals surface area contributed by atoms with E-state index < -0.39 is 0 Å². The summed E-state index contributed by atoms with van der Waals surface area (Å²) in [7, 11) is 2.06. The van der Waals surface area contributed by atoms with Crippen molar-refractivity contribution < 1.29 is 19.4 Å². The Balaban J connectivity index is 1.47. The zero-order valence-corrected chi connectivity index (χ0v) is 19.6. The van der Waals surface area contributed by atoms with Gasteiger partial charge in [-0.1, -0.05) is 12.1 Å². The van der Waals surface area contributed by atoms with E-state index in [0.29, 0.717) is 26.2 Å². The Hall–Kier alpha value is -2.03. The SMILES string of the molecule is C[C@@H](c1nc2ccccc2s1)[NH+](C)CC(=O)N1CC[NH+](CC(=O)NC(C)(C)C)CC1. The third kappa shape index (κ3) is 6.00. The highest BCUT2D eigenvalue weighted by Crippen LogP contribution is 2.24. The van der Waals surface area contributed by atoms with E-state index in [1.807, 2.05) is 43.9 Å². The standard InChI is InChI=1S/C22H33N5O2S/c1-16(21-23-17-8-6-7-9-18(17)30-21)25(5)15-20(29)27-12-10-26(11-13-27)14-19(28)24-22(2,3)4/h6-9,16H,10-15H2,1-5H3,(H,24,28)/p+2/t16-/m0/s1. The Kier molecular flexibility index (Phi) is 7.10. The molecule has 0 radical (unpaired) electrons. The fraction of sp³-hybridized carbons (Fsp3) is 0.591. The molecule has 3 rings (SSSR count). The number of rotatable bonds is 6. The number of aromatic nitrogens is 1. The number of hydrogen-bond acceptors (Lipinski definition) is 4. The van der Waals surface area contributed by atoms with Crippen molar-refractivity contribution in [2.24, 2.45) is 0 Å². The van der Waals surface area contributed by atoms with Crippen molar-refractivity contribution in [3.63, 3.8) is 0 Å². The van der Waals surface area contributed by atoms with Crippen LogP contribution in [-0.2, 0) is 9.59 Å². The minimum absolute atomic E-state index is 0.0751. The topological polar surface area (TPSA) is 71.2 Å². The van der Waals surface area contributed by atoms with E-state index >= 15 is 0 Å². The van der Waals surface area contributed by atoms with Gasteiger partial charge in [0.25, 0.3) is 11.8 Å². The van der Waals surface area contributed by atoms with Crippen molar-refractivity contribution in [2.45, 2.75) is 39.3 Å². The van der Waals surface area contributed by atoms with Gasteiger partial charge in [0.15, 0.2) is 18.1 Å². The Morgan fingerprint density at radius 1 is 1.27 bits per heavy atom. The number of para-hydroxylation sites is 1. The van der Waals surface area contributed by atoms with Crippen LogP contribution in [0, 0.1) is 0 Å². The molecule has 0 saturated carbocycles. The second-order valence-electron chi connectivity index (χ2n) is 9.37. The molecule has 8 heteroatoms. The highest BCUT2D eigenvalue weighted by molar-refractivity contribution is 7.18. The summed E-state index contributed by atoms with van der Waals surface area (Å²) >= 11 is 1.71. The summed E-state index contributed by atoms with van der Waals surface area (Å²) < 4.78 is 1.19. The maximum absolute atomic E-state index is 12.8. The molecular weight excluding hydrogens is 398 g/mol. The van der Waals surface area contributed by atoms with Gasteiger partial charge in [-0.2, -0.15) is 0 Å². The maximum Gasteiger partial charge on any atom is 0.278 e. The molecule has 1 saturated heterocycles. The summed E-state index contributed by atoms with van der Waals surface area (Å²) in [6.07, 6.45) is 0. The van der Waals surface area contributed by atoms with Crippen molar-refractivity contribution in [3.8, 4) is 0 Å². The Morgan fingerprint density at radius 2 is 1.93 bits per heavy atom.